The van der Waals surface area contributed by atoms with Crippen molar-refractivity contribution in [2.24, 2.45) is 0 Å². The van der Waals surface area contributed by atoms with E-state index in [0.29, 0.717) is 5.56 Å². The van der Waals surface area contributed by atoms with Crippen LogP contribution in [0.25, 0.3) is 16.5 Å². The first-order valence-electron chi connectivity index (χ1n) is 9.28. The normalized spacial score (nSPS) is 13.6. The van der Waals surface area contributed by atoms with Gasteiger partial charge in [-0.2, -0.15) is 0 Å². The van der Waals surface area contributed by atoms with Crippen LogP contribution in [-0.2, 0) is 11.2 Å². The Labute approximate surface area is 171 Å². The van der Waals surface area contributed by atoms with E-state index < -0.39 is 17.2 Å². The van der Waals surface area contributed by atoms with Crippen molar-refractivity contribution in [3.8, 4) is 0 Å². The lowest BCUT2D eigenvalue weighted by Crippen LogP contribution is -2.31. The van der Waals surface area contributed by atoms with E-state index in [4.69, 9.17) is 0 Å². The highest BCUT2D eigenvalue weighted by Gasteiger charge is 2.20. The number of aromatic amines is 1. The van der Waals surface area contributed by atoms with Crippen LogP contribution in [0.1, 0.15) is 18.1 Å². The van der Waals surface area contributed by atoms with Gasteiger partial charge in [-0.15, -0.1) is 0 Å². The monoisotopic (exact) mass is 412 g/mol. The number of amides is 1. The topological polar surface area (TPSA) is 53.2 Å². The fourth-order valence-corrected chi connectivity index (χ4v) is 3.57. The van der Waals surface area contributed by atoms with E-state index in [9.17, 15) is 22.8 Å². The summed E-state index contributed by atoms with van der Waals surface area (Å²) in [6.45, 7) is 1.74. The van der Waals surface area contributed by atoms with Gasteiger partial charge in [-0.1, -0.05) is 18.2 Å². The highest BCUT2D eigenvalue weighted by Crippen LogP contribution is 2.24. The summed E-state index contributed by atoms with van der Waals surface area (Å²) in [5.41, 5.74) is 1.44. The van der Waals surface area contributed by atoms with Crippen LogP contribution in [0.2, 0.25) is 0 Å². The SMILES string of the molecule is Cc1c(CC(=O)N2C=CC(c3cccc(F)c3)=CC2)c(=O)[nH]c2ccc(F)c(F)c12.[HH]. The van der Waals surface area contributed by atoms with Crippen molar-refractivity contribution in [1.82, 2.24) is 9.88 Å². The summed E-state index contributed by atoms with van der Waals surface area (Å²) in [6, 6.07) is 8.36. The first kappa shape index (κ1) is 19.7. The molecule has 1 aliphatic rings. The number of hydrogen-bond acceptors (Lipinski definition) is 2. The molecular formula is C23H19F3N2O2. The summed E-state index contributed by atoms with van der Waals surface area (Å²) >= 11 is 0. The van der Waals surface area contributed by atoms with E-state index in [0.717, 1.165) is 11.6 Å². The molecule has 154 valence electrons. The lowest BCUT2D eigenvalue weighted by molar-refractivity contribution is -0.127. The van der Waals surface area contributed by atoms with Crippen molar-refractivity contribution in [2.45, 2.75) is 13.3 Å². The molecule has 4 nitrogen and oxygen atoms in total. The van der Waals surface area contributed by atoms with Crippen molar-refractivity contribution in [2.75, 3.05) is 6.54 Å². The van der Waals surface area contributed by atoms with E-state index in [1.165, 1.54) is 30.0 Å². The van der Waals surface area contributed by atoms with E-state index in [2.05, 4.69) is 4.98 Å². The van der Waals surface area contributed by atoms with E-state index in [1.54, 1.807) is 30.5 Å². The summed E-state index contributed by atoms with van der Waals surface area (Å²) in [5.74, 6) is -2.81. The van der Waals surface area contributed by atoms with Gasteiger partial charge in [0.15, 0.2) is 11.6 Å². The molecule has 30 heavy (non-hydrogen) atoms. The highest BCUT2D eigenvalue weighted by atomic mass is 19.2. The first-order chi connectivity index (χ1) is 14.3. The van der Waals surface area contributed by atoms with E-state index in [-0.39, 0.29) is 48.1 Å². The zero-order chi connectivity index (χ0) is 21.4. The molecule has 4 rings (SSSR count). The molecule has 0 saturated carbocycles. The average Bonchev–Trinajstić information content (AvgIpc) is 2.73. The van der Waals surface area contributed by atoms with Gasteiger partial charge >= 0.3 is 0 Å². The number of nitrogens with zero attached hydrogens (tertiary/aromatic N) is 1. The minimum absolute atomic E-state index is 0. The van der Waals surface area contributed by atoms with Gasteiger partial charge in [0, 0.05) is 25.1 Å². The second-order valence-electron chi connectivity index (χ2n) is 7.05. The Hall–Kier alpha value is -3.61. The van der Waals surface area contributed by atoms with E-state index >= 15 is 0 Å². The number of halogens is 3. The van der Waals surface area contributed by atoms with Gasteiger partial charge in [0.1, 0.15) is 5.82 Å². The van der Waals surface area contributed by atoms with Gasteiger partial charge < -0.3 is 9.88 Å². The Kier molecular flexibility index (Phi) is 5.03. The third-order valence-corrected chi connectivity index (χ3v) is 5.19. The Bertz CT molecular complexity index is 1300. The number of aromatic nitrogens is 1. The first-order valence-corrected chi connectivity index (χ1v) is 9.28. The molecule has 0 aliphatic carbocycles. The van der Waals surface area contributed by atoms with E-state index in [1.807, 2.05) is 0 Å². The number of nitrogens with one attached hydrogen (secondary N) is 1. The number of hydrogen-bond donors (Lipinski definition) is 1. The lowest BCUT2D eigenvalue weighted by Gasteiger charge is -2.21. The molecule has 2 aromatic carbocycles. The molecular weight excluding hydrogens is 393 g/mol. The molecule has 0 spiro atoms. The summed E-state index contributed by atoms with van der Waals surface area (Å²) < 4.78 is 41.3. The number of fused-ring (bicyclic) bond motifs is 1. The molecule has 1 aromatic heterocycles. The van der Waals surface area contributed by atoms with Gasteiger partial charge in [0.2, 0.25) is 5.91 Å². The molecule has 0 bridgehead atoms. The molecule has 7 heteroatoms. The van der Waals surface area contributed by atoms with Crippen molar-refractivity contribution < 1.29 is 19.4 Å². The Balaban J connectivity index is 0.00000272. The van der Waals surface area contributed by atoms with Crippen LogP contribution < -0.4 is 5.56 Å². The molecule has 0 saturated heterocycles. The third kappa shape index (κ3) is 3.54. The van der Waals surface area contributed by atoms with Crippen LogP contribution in [0.3, 0.4) is 0 Å². The van der Waals surface area contributed by atoms with Crippen LogP contribution >= 0.6 is 0 Å². The quantitative estimate of drug-likeness (QED) is 0.690. The molecule has 0 fully saturated rings. The number of pyridine rings is 1. The maximum absolute atomic E-state index is 14.3. The predicted molar refractivity (Wildman–Crippen MR) is 110 cm³/mol. The summed E-state index contributed by atoms with van der Waals surface area (Å²) in [6.07, 6.45) is 4.76. The maximum Gasteiger partial charge on any atom is 0.252 e. The minimum atomic E-state index is -1.06. The van der Waals surface area contributed by atoms with Gasteiger partial charge in [-0.05, 0) is 54.0 Å². The smallest absolute Gasteiger partial charge is 0.252 e. The predicted octanol–water partition coefficient (Wildman–Crippen LogP) is 4.48. The Morgan fingerprint density at radius 1 is 1.20 bits per heavy atom. The van der Waals surface area contributed by atoms with Crippen LogP contribution in [0.5, 0.6) is 0 Å². The number of aryl methyl sites for hydroxylation is 1. The van der Waals surface area contributed by atoms with Crippen LogP contribution in [0.4, 0.5) is 13.2 Å². The Morgan fingerprint density at radius 3 is 2.70 bits per heavy atom. The van der Waals surface area contributed by atoms with Crippen LogP contribution in [0.15, 0.2) is 59.5 Å². The molecule has 1 N–H and O–H groups in total. The fraction of sp³-hybridized carbons (Fsp3) is 0.130. The highest BCUT2D eigenvalue weighted by molar-refractivity contribution is 5.87. The van der Waals surface area contributed by atoms with Crippen molar-refractivity contribution >= 4 is 22.4 Å². The average molecular weight is 412 g/mol. The summed E-state index contributed by atoms with van der Waals surface area (Å²) in [4.78, 5) is 29.1. The number of H-pyrrole nitrogens is 1. The zero-order valence-electron chi connectivity index (χ0n) is 16.0. The maximum atomic E-state index is 14.3. The lowest BCUT2D eigenvalue weighted by atomic mass is 10.0. The number of allylic oxidation sites excluding steroid dienone is 2. The number of benzene rings is 2. The molecule has 1 amide bonds. The second kappa shape index (κ2) is 7.67. The molecule has 3 aromatic rings. The Morgan fingerprint density at radius 2 is 2.00 bits per heavy atom. The van der Waals surface area contributed by atoms with Gasteiger partial charge in [0.25, 0.3) is 5.56 Å². The van der Waals surface area contributed by atoms with Crippen molar-refractivity contribution in [3.05, 3.63) is 99.2 Å². The molecule has 0 unspecified atom stereocenters. The second-order valence-corrected chi connectivity index (χ2v) is 7.05. The van der Waals surface area contributed by atoms with Gasteiger partial charge in [-0.3, -0.25) is 9.59 Å². The number of carbonyl (C=O) groups excluding carboxylic acids is 1. The van der Waals surface area contributed by atoms with Crippen molar-refractivity contribution in [1.29, 1.82) is 0 Å². The fourth-order valence-electron chi connectivity index (χ4n) is 3.57. The largest absolute Gasteiger partial charge is 0.322 e. The van der Waals surface area contributed by atoms with Gasteiger partial charge in [0.05, 0.1) is 11.9 Å². The summed E-state index contributed by atoms with van der Waals surface area (Å²) in [5, 5.41) is -0.0418. The van der Waals surface area contributed by atoms with Crippen molar-refractivity contribution in [3.63, 3.8) is 0 Å². The third-order valence-electron chi connectivity index (χ3n) is 5.19. The minimum Gasteiger partial charge on any atom is -0.322 e. The molecule has 0 radical (unpaired) electrons. The molecule has 1 aliphatic heterocycles. The van der Waals surface area contributed by atoms with Gasteiger partial charge in [-0.25, -0.2) is 13.2 Å². The standard InChI is InChI=1S/C23H17F3N2O2.H2/c1-13-17(23(30)27-19-6-5-18(25)22(26)21(13)19)12-20(29)28-9-7-14(8-10-28)15-3-2-4-16(24)11-15;/h2-9,11H,10,12H2,1H3,(H,27,30);1H. The number of carbonyl (C=O) groups is 1. The molecule has 2 heterocycles. The van der Waals surface area contributed by atoms with Crippen LogP contribution in [-0.4, -0.2) is 22.3 Å². The summed E-state index contributed by atoms with van der Waals surface area (Å²) in [7, 11) is 0. The molecule has 0 atom stereocenters. The number of rotatable bonds is 3. The zero-order valence-corrected chi connectivity index (χ0v) is 16.0. The van der Waals surface area contributed by atoms with Crippen LogP contribution in [0, 0.1) is 24.4 Å².